The first kappa shape index (κ1) is 17.7. The number of alkyl halides is 3. The van der Waals surface area contributed by atoms with Crippen LogP contribution in [0.3, 0.4) is 0 Å². The Morgan fingerprint density at radius 2 is 1.88 bits per heavy atom. The number of imidazole rings is 1. The van der Waals surface area contributed by atoms with Gasteiger partial charge in [0.2, 0.25) is 5.91 Å². The van der Waals surface area contributed by atoms with Crippen molar-refractivity contribution in [1.82, 2.24) is 19.3 Å². The molecule has 2 heterocycles. The van der Waals surface area contributed by atoms with Crippen molar-refractivity contribution in [1.29, 1.82) is 0 Å². The van der Waals surface area contributed by atoms with Crippen LogP contribution in [0.5, 0.6) is 0 Å². The van der Waals surface area contributed by atoms with Crippen LogP contribution in [-0.4, -0.2) is 25.2 Å². The van der Waals surface area contributed by atoms with Gasteiger partial charge in [-0.05, 0) is 44.2 Å². The number of halogens is 3. The fourth-order valence-corrected chi connectivity index (χ4v) is 2.50. The third kappa shape index (κ3) is 3.76. The van der Waals surface area contributed by atoms with Crippen molar-refractivity contribution in [3.8, 4) is 5.69 Å². The normalized spacial score (nSPS) is 11.6. The third-order valence-corrected chi connectivity index (χ3v) is 3.82. The average molecular weight is 363 g/mol. The van der Waals surface area contributed by atoms with Crippen LogP contribution in [-0.2, 0) is 17.5 Å². The van der Waals surface area contributed by atoms with Crippen LogP contribution >= 0.6 is 0 Å². The van der Waals surface area contributed by atoms with Gasteiger partial charge in [-0.1, -0.05) is 0 Å². The van der Waals surface area contributed by atoms with E-state index in [2.05, 4.69) is 15.4 Å². The molecule has 136 valence electrons. The number of amides is 1. The lowest BCUT2D eigenvalue weighted by Gasteiger charge is -2.09. The highest BCUT2D eigenvalue weighted by molar-refractivity contribution is 5.90. The number of carbonyl (C=O) groups is 1. The molecule has 3 aromatic rings. The van der Waals surface area contributed by atoms with Gasteiger partial charge in [0, 0.05) is 29.5 Å². The van der Waals surface area contributed by atoms with Crippen LogP contribution in [0.25, 0.3) is 5.69 Å². The number of hydrogen-bond acceptors (Lipinski definition) is 3. The molecule has 0 atom stereocenters. The molecule has 2 aromatic heterocycles. The van der Waals surface area contributed by atoms with Gasteiger partial charge in [-0.2, -0.15) is 18.3 Å². The predicted molar refractivity (Wildman–Crippen MR) is 88.9 cm³/mol. The van der Waals surface area contributed by atoms with E-state index in [0.29, 0.717) is 5.69 Å². The molecule has 0 aliphatic rings. The fraction of sp³-hybridized carbons (Fsp3) is 0.235. The molecular formula is C17H16F3N5O. The maximum Gasteiger partial charge on any atom is 0.435 e. The van der Waals surface area contributed by atoms with Gasteiger partial charge in [0.1, 0.15) is 12.4 Å². The van der Waals surface area contributed by atoms with E-state index in [1.807, 2.05) is 29.8 Å². The Morgan fingerprint density at radius 3 is 2.42 bits per heavy atom. The van der Waals surface area contributed by atoms with Crippen LogP contribution < -0.4 is 5.32 Å². The predicted octanol–water partition coefficient (Wildman–Crippen LogP) is 3.34. The van der Waals surface area contributed by atoms with Crippen molar-refractivity contribution >= 4 is 11.6 Å². The van der Waals surface area contributed by atoms with E-state index in [9.17, 15) is 18.0 Å². The van der Waals surface area contributed by atoms with Gasteiger partial charge in [0.15, 0.2) is 5.69 Å². The van der Waals surface area contributed by atoms with Crippen molar-refractivity contribution in [2.75, 3.05) is 5.32 Å². The molecule has 0 bridgehead atoms. The Hall–Kier alpha value is -3.10. The number of nitrogens with one attached hydrogen (secondary N) is 1. The number of hydrogen-bond donors (Lipinski definition) is 1. The summed E-state index contributed by atoms with van der Waals surface area (Å²) in [5.41, 5.74) is 0.675. The number of aromatic nitrogens is 4. The standard InChI is InChI=1S/C17H16F3N5O/c1-11-9-15(17(18,19)20)23-25(11)10-16(26)22-13-3-5-14(6-4-13)24-8-7-21-12(24)2/h3-9H,10H2,1-2H3,(H,22,26). The minimum Gasteiger partial charge on any atom is -0.324 e. The largest absolute Gasteiger partial charge is 0.435 e. The van der Waals surface area contributed by atoms with Gasteiger partial charge in [-0.3, -0.25) is 9.48 Å². The second-order valence-corrected chi connectivity index (χ2v) is 5.77. The lowest BCUT2D eigenvalue weighted by molar-refractivity contribution is -0.141. The van der Waals surface area contributed by atoms with E-state index in [1.54, 1.807) is 18.3 Å². The summed E-state index contributed by atoms with van der Waals surface area (Å²) in [4.78, 5) is 16.2. The number of carbonyl (C=O) groups excluding carboxylic acids is 1. The Kier molecular flexibility index (Phi) is 4.54. The molecule has 0 fully saturated rings. The zero-order chi connectivity index (χ0) is 18.9. The van der Waals surface area contributed by atoms with Gasteiger partial charge >= 0.3 is 6.18 Å². The highest BCUT2D eigenvalue weighted by atomic mass is 19.4. The molecule has 26 heavy (non-hydrogen) atoms. The molecule has 0 aliphatic carbocycles. The second kappa shape index (κ2) is 6.66. The van der Waals surface area contributed by atoms with Crippen LogP contribution in [0.2, 0.25) is 0 Å². The number of rotatable bonds is 4. The van der Waals surface area contributed by atoms with E-state index >= 15 is 0 Å². The molecule has 9 heteroatoms. The minimum atomic E-state index is -4.53. The first-order chi connectivity index (χ1) is 12.2. The molecule has 1 N–H and O–H groups in total. The van der Waals surface area contributed by atoms with Crippen molar-refractivity contribution in [2.24, 2.45) is 0 Å². The number of nitrogens with zero attached hydrogens (tertiary/aromatic N) is 4. The molecule has 0 aliphatic heterocycles. The monoisotopic (exact) mass is 363 g/mol. The summed E-state index contributed by atoms with van der Waals surface area (Å²) in [7, 11) is 0. The van der Waals surface area contributed by atoms with Crippen molar-refractivity contribution in [2.45, 2.75) is 26.6 Å². The Balaban J connectivity index is 1.67. The van der Waals surface area contributed by atoms with Gasteiger partial charge in [-0.15, -0.1) is 0 Å². The minimum absolute atomic E-state index is 0.262. The summed E-state index contributed by atoms with van der Waals surface area (Å²) in [5, 5.41) is 6.09. The zero-order valence-corrected chi connectivity index (χ0v) is 14.1. The summed E-state index contributed by atoms with van der Waals surface area (Å²) in [6.07, 6.45) is -1.03. The number of aryl methyl sites for hydroxylation is 2. The maximum atomic E-state index is 12.7. The van der Waals surface area contributed by atoms with Crippen LogP contribution in [0.1, 0.15) is 17.2 Å². The molecule has 0 unspecified atom stereocenters. The molecule has 1 aromatic carbocycles. The summed E-state index contributed by atoms with van der Waals surface area (Å²) in [6, 6.07) is 7.96. The quantitative estimate of drug-likeness (QED) is 0.773. The lowest BCUT2D eigenvalue weighted by atomic mass is 10.2. The molecular weight excluding hydrogens is 347 g/mol. The maximum absolute atomic E-state index is 12.7. The van der Waals surface area contributed by atoms with Crippen LogP contribution in [0, 0.1) is 13.8 Å². The highest BCUT2D eigenvalue weighted by Crippen LogP contribution is 2.28. The van der Waals surface area contributed by atoms with Gasteiger partial charge in [0.05, 0.1) is 0 Å². The Bertz CT molecular complexity index is 925. The molecule has 3 rings (SSSR count). The third-order valence-electron chi connectivity index (χ3n) is 3.82. The second-order valence-electron chi connectivity index (χ2n) is 5.77. The fourth-order valence-electron chi connectivity index (χ4n) is 2.50. The molecule has 0 saturated carbocycles. The summed E-state index contributed by atoms with van der Waals surface area (Å²) < 4.78 is 40.9. The zero-order valence-electron chi connectivity index (χ0n) is 14.1. The van der Waals surface area contributed by atoms with E-state index in [-0.39, 0.29) is 12.2 Å². The molecule has 0 radical (unpaired) electrons. The van der Waals surface area contributed by atoms with Crippen molar-refractivity contribution in [3.63, 3.8) is 0 Å². The SMILES string of the molecule is Cc1nccn1-c1ccc(NC(=O)Cn2nc(C(F)(F)F)cc2C)cc1. The summed E-state index contributed by atoms with van der Waals surface area (Å²) in [5.74, 6) is 0.368. The highest BCUT2D eigenvalue weighted by Gasteiger charge is 2.34. The molecule has 6 nitrogen and oxygen atoms in total. The topological polar surface area (TPSA) is 64.7 Å². The first-order valence-corrected chi connectivity index (χ1v) is 7.76. The van der Waals surface area contributed by atoms with E-state index in [4.69, 9.17) is 0 Å². The summed E-state index contributed by atoms with van der Waals surface area (Å²) >= 11 is 0. The number of benzene rings is 1. The Morgan fingerprint density at radius 1 is 1.19 bits per heavy atom. The van der Waals surface area contributed by atoms with Crippen LogP contribution in [0.15, 0.2) is 42.7 Å². The van der Waals surface area contributed by atoms with E-state index < -0.39 is 17.8 Å². The molecule has 0 spiro atoms. The van der Waals surface area contributed by atoms with Gasteiger partial charge < -0.3 is 9.88 Å². The van der Waals surface area contributed by atoms with Gasteiger partial charge in [-0.25, -0.2) is 4.98 Å². The number of anilines is 1. The lowest BCUT2D eigenvalue weighted by Crippen LogP contribution is -2.20. The smallest absolute Gasteiger partial charge is 0.324 e. The molecule has 0 saturated heterocycles. The van der Waals surface area contributed by atoms with E-state index in [0.717, 1.165) is 22.3 Å². The average Bonchev–Trinajstić information content (AvgIpc) is 3.14. The van der Waals surface area contributed by atoms with Crippen LogP contribution in [0.4, 0.5) is 18.9 Å². The van der Waals surface area contributed by atoms with Crippen molar-refractivity contribution in [3.05, 3.63) is 59.9 Å². The summed E-state index contributed by atoms with van der Waals surface area (Å²) in [6.45, 7) is 3.04. The van der Waals surface area contributed by atoms with Gasteiger partial charge in [0.25, 0.3) is 0 Å². The molecule has 1 amide bonds. The van der Waals surface area contributed by atoms with Crippen molar-refractivity contribution < 1.29 is 18.0 Å². The Labute approximate surface area is 147 Å². The van der Waals surface area contributed by atoms with E-state index in [1.165, 1.54) is 6.92 Å². The first-order valence-electron chi connectivity index (χ1n) is 7.76.